The first-order chi connectivity index (χ1) is 7.17. The topological polar surface area (TPSA) is 52.6 Å². The Kier molecular flexibility index (Phi) is 4.39. The molecule has 2 amide bonds. The molecule has 0 radical (unpaired) electrons. The number of amides is 2. The Bertz CT molecular complexity index is 211. The smallest absolute Gasteiger partial charge is 0.317 e. The van der Waals surface area contributed by atoms with Crippen molar-refractivity contribution in [3.63, 3.8) is 0 Å². The van der Waals surface area contributed by atoms with Crippen molar-refractivity contribution in [3.05, 3.63) is 0 Å². The van der Waals surface area contributed by atoms with Crippen molar-refractivity contribution in [3.8, 4) is 0 Å². The first kappa shape index (κ1) is 12.3. The Balaban J connectivity index is 2.27. The molecule has 4 heteroatoms. The zero-order valence-corrected chi connectivity index (χ0v) is 9.75. The SMILES string of the molecule is CCN(CC)C(=O)NCC1(CCO)CC1. The minimum absolute atomic E-state index is 0.0178. The molecule has 0 saturated heterocycles. The Morgan fingerprint density at radius 3 is 2.40 bits per heavy atom. The van der Waals surface area contributed by atoms with E-state index in [-0.39, 0.29) is 18.1 Å². The van der Waals surface area contributed by atoms with Crippen LogP contribution in [0.2, 0.25) is 0 Å². The maximum absolute atomic E-state index is 11.6. The predicted octanol–water partition coefficient (Wildman–Crippen LogP) is 1.20. The van der Waals surface area contributed by atoms with E-state index in [1.807, 2.05) is 13.8 Å². The van der Waals surface area contributed by atoms with E-state index in [9.17, 15) is 4.79 Å². The molecule has 1 aliphatic rings. The van der Waals surface area contributed by atoms with Gasteiger partial charge in [-0.1, -0.05) is 0 Å². The van der Waals surface area contributed by atoms with E-state index >= 15 is 0 Å². The van der Waals surface area contributed by atoms with Crippen LogP contribution in [-0.2, 0) is 0 Å². The molecule has 4 nitrogen and oxygen atoms in total. The molecule has 1 rings (SSSR count). The fourth-order valence-electron chi connectivity index (χ4n) is 1.81. The van der Waals surface area contributed by atoms with Crippen LogP contribution in [0, 0.1) is 5.41 Å². The molecule has 0 heterocycles. The van der Waals surface area contributed by atoms with Crippen LogP contribution in [0.4, 0.5) is 4.79 Å². The predicted molar refractivity (Wildman–Crippen MR) is 59.7 cm³/mol. The summed E-state index contributed by atoms with van der Waals surface area (Å²) < 4.78 is 0. The highest BCUT2D eigenvalue weighted by Crippen LogP contribution is 2.47. The highest BCUT2D eigenvalue weighted by molar-refractivity contribution is 5.74. The monoisotopic (exact) mass is 214 g/mol. The van der Waals surface area contributed by atoms with Crippen LogP contribution in [-0.4, -0.2) is 42.3 Å². The summed E-state index contributed by atoms with van der Waals surface area (Å²) in [7, 11) is 0. The molecule has 0 atom stereocenters. The Morgan fingerprint density at radius 1 is 1.40 bits per heavy atom. The summed E-state index contributed by atoms with van der Waals surface area (Å²) in [6, 6.07) is 0.0178. The van der Waals surface area contributed by atoms with Gasteiger partial charge in [0.25, 0.3) is 0 Å². The van der Waals surface area contributed by atoms with E-state index in [0.29, 0.717) is 6.54 Å². The van der Waals surface area contributed by atoms with E-state index in [1.54, 1.807) is 4.90 Å². The van der Waals surface area contributed by atoms with Gasteiger partial charge < -0.3 is 15.3 Å². The van der Waals surface area contributed by atoms with Crippen molar-refractivity contribution in [1.82, 2.24) is 10.2 Å². The third-order valence-electron chi connectivity index (χ3n) is 3.26. The Hall–Kier alpha value is -0.770. The molecular formula is C11H22N2O2. The van der Waals surface area contributed by atoms with Crippen molar-refractivity contribution in [1.29, 1.82) is 0 Å². The lowest BCUT2D eigenvalue weighted by atomic mass is 10.0. The normalized spacial score (nSPS) is 17.3. The average Bonchev–Trinajstić information content (AvgIpc) is 2.98. The summed E-state index contributed by atoms with van der Waals surface area (Å²) >= 11 is 0. The van der Waals surface area contributed by atoms with Crippen LogP contribution >= 0.6 is 0 Å². The molecule has 0 unspecified atom stereocenters. The van der Waals surface area contributed by atoms with Crippen LogP contribution in [0.5, 0.6) is 0 Å². The lowest BCUT2D eigenvalue weighted by molar-refractivity contribution is 0.196. The highest BCUT2D eigenvalue weighted by Gasteiger charge is 2.42. The van der Waals surface area contributed by atoms with E-state index in [0.717, 1.165) is 32.4 Å². The van der Waals surface area contributed by atoms with Crippen LogP contribution in [0.3, 0.4) is 0 Å². The Labute approximate surface area is 91.6 Å². The molecule has 88 valence electrons. The summed E-state index contributed by atoms with van der Waals surface area (Å²) in [6.45, 7) is 6.38. The van der Waals surface area contributed by atoms with E-state index in [4.69, 9.17) is 5.11 Å². The molecule has 1 fully saturated rings. The number of nitrogens with zero attached hydrogens (tertiary/aromatic N) is 1. The van der Waals surface area contributed by atoms with Crippen molar-refractivity contribution >= 4 is 6.03 Å². The van der Waals surface area contributed by atoms with Gasteiger partial charge in [-0.05, 0) is 38.5 Å². The largest absolute Gasteiger partial charge is 0.396 e. The third-order valence-corrected chi connectivity index (χ3v) is 3.26. The number of hydrogen-bond acceptors (Lipinski definition) is 2. The van der Waals surface area contributed by atoms with Crippen molar-refractivity contribution in [2.45, 2.75) is 33.1 Å². The first-order valence-electron chi connectivity index (χ1n) is 5.81. The van der Waals surface area contributed by atoms with Gasteiger partial charge in [0.15, 0.2) is 0 Å². The minimum atomic E-state index is 0.0178. The average molecular weight is 214 g/mol. The van der Waals surface area contributed by atoms with Gasteiger partial charge >= 0.3 is 6.03 Å². The summed E-state index contributed by atoms with van der Waals surface area (Å²) in [5.74, 6) is 0. The van der Waals surface area contributed by atoms with Gasteiger partial charge in [0.05, 0.1) is 0 Å². The number of hydrogen-bond donors (Lipinski definition) is 2. The molecule has 0 aromatic carbocycles. The van der Waals surface area contributed by atoms with Crippen LogP contribution in [0.1, 0.15) is 33.1 Å². The zero-order chi connectivity index (χ0) is 11.3. The molecule has 0 bridgehead atoms. The van der Waals surface area contributed by atoms with E-state index in [1.165, 1.54) is 0 Å². The van der Waals surface area contributed by atoms with Crippen molar-refractivity contribution < 1.29 is 9.90 Å². The molecule has 0 aromatic heterocycles. The molecule has 0 spiro atoms. The highest BCUT2D eigenvalue weighted by atomic mass is 16.3. The van der Waals surface area contributed by atoms with E-state index < -0.39 is 0 Å². The van der Waals surface area contributed by atoms with Crippen molar-refractivity contribution in [2.75, 3.05) is 26.2 Å². The maximum atomic E-state index is 11.6. The third kappa shape index (κ3) is 3.38. The molecular weight excluding hydrogens is 192 g/mol. The lowest BCUT2D eigenvalue weighted by Gasteiger charge is -2.21. The molecule has 0 aliphatic heterocycles. The Morgan fingerprint density at radius 2 is 2.00 bits per heavy atom. The number of aliphatic hydroxyl groups excluding tert-OH is 1. The molecule has 2 N–H and O–H groups in total. The summed E-state index contributed by atoms with van der Waals surface area (Å²) in [5.41, 5.74) is 0.206. The fourth-order valence-corrected chi connectivity index (χ4v) is 1.81. The zero-order valence-electron chi connectivity index (χ0n) is 9.75. The van der Waals surface area contributed by atoms with Crippen molar-refractivity contribution in [2.24, 2.45) is 5.41 Å². The molecule has 1 aliphatic carbocycles. The summed E-state index contributed by atoms with van der Waals surface area (Å²) in [4.78, 5) is 13.4. The van der Waals surface area contributed by atoms with Crippen LogP contribution < -0.4 is 5.32 Å². The number of carbonyl (C=O) groups is 1. The number of nitrogens with one attached hydrogen (secondary N) is 1. The summed E-state index contributed by atoms with van der Waals surface area (Å²) in [6.07, 6.45) is 3.07. The number of rotatable bonds is 6. The van der Waals surface area contributed by atoms with E-state index in [2.05, 4.69) is 5.32 Å². The summed E-state index contributed by atoms with van der Waals surface area (Å²) in [5, 5.41) is 11.8. The van der Waals surface area contributed by atoms with Gasteiger partial charge in [-0.2, -0.15) is 0 Å². The lowest BCUT2D eigenvalue weighted by Crippen LogP contribution is -2.42. The van der Waals surface area contributed by atoms with Crippen LogP contribution in [0.15, 0.2) is 0 Å². The second-order valence-electron chi connectivity index (χ2n) is 4.30. The van der Waals surface area contributed by atoms with Gasteiger partial charge in [0.2, 0.25) is 0 Å². The quantitative estimate of drug-likeness (QED) is 0.698. The second-order valence-corrected chi connectivity index (χ2v) is 4.30. The van der Waals surface area contributed by atoms with Gasteiger partial charge in [0.1, 0.15) is 0 Å². The maximum Gasteiger partial charge on any atom is 0.317 e. The molecule has 15 heavy (non-hydrogen) atoms. The van der Waals surface area contributed by atoms with Gasteiger partial charge in [-0.25, -0.2) is 4.79 Å². The van der Waals surface area contributed by atoms with Gasteiger partial charge in [-0.3, -0.25) is 0 Å². The van der Waals surface area contributed by atoms with Gasteiger partial charge in [0, 0.05) is 26.2 Å². The second kappa shape index (κ2) is 5.35. The van der Waals surface area contributed by atoms with Gasteiger partial charge in [-0.15, -0.1) is 0 Å². The van der Waals surface area contributed by atoms with Crippen LogP contribution in [0.25, 0.3) is 0 Å². The standard InChI is InChI=1S/C11H22N2O2/c1-3-13(4-2)10(15)12-9-11(5-6-11)7-8-14/h14H,3-9H2,1-2H3,(H,12,15). The fraction of sp³-hybridized carbons (Fsp3) is 0.909. The molecule has 1 saturated carbocycles. The number of aliphatic hydroxyl groups is 1. The minimum Gasteiger partial charge on any atom is -0.396 e. The number of carbonyl (C=O) groups excluding carboxylic acids is 1. The molecule has 0 aromatic rings. The number of urea groups is 1. The first-order valence-corrected chi connectivity index (χ1v) is 5.81.